The van der Waals surface area contributed by atoms with Gasteiger partial charge in [0.2, 0.25) is 0 Å². The number of ketones is 1. The quantitative estimate of drug-likeness (QED) is 0.290. The second-order valence-corrected chi connectivity index (χ2v) is 14.2. The second kappa shape index (κ2) is 8.74. The molecule has 5 nitrogen and oxygen atoms in total. The molecule has 0 aliphatic carbocycles. The third kappa shape index (κ3) is 4.27. The summed E-state index contributed by atoms with van der Waals surface area (Å²) < 4.78 is 13.9. The van der Waals surface area contributed by atoms with Crippen LogP contribution in [0.25, 0.3) is 10.9 Å². The summed E-state index contributed by atoms with van der Waals surface area (Å²) in [6, 6.07) is 5.93. The smallest absolute Gasteiger partial charge is 0.304 e. The van der Waals surface area contributed by atoms with Gasteiger partial charge in [0.1, 0.15) is 5.75 Å². The minimum atomic E-state index is -2.10. The average molecular weight is 418 g/mol. The first-order valence-electron chi connectivity index (χ1n) is 10.4. The molecule has 160 valence electrons. The number of rotatable bonds is 8. The summed E-state index contributed by atoms with van der Waals surface area (Å²) in [5, 5.41) is 0.846. The number of fused-ring (bicyclic) bond motifs is 1. The van der Waals surface area contributed by atoms with E-state index in [0.29, 0.717) is 22.2 Å². The molecule has 0 unspecified atom stereocenters. The van der Waals surface area contributed by atoms with Crippen LogP contribution in [0, 0.1) is 6.92 Å². The van der Waals surface area contributed by atoms with E-state index in [1.165, 1.54) is 6.92 Å². The maximum atomic E-state index is 12.4. The average Bonchev–Trinajstić information content (AvgIpc) is 2.87. The number of hydrogen-bond acceptors (Lipinski definition) is 4. The van der Waals surface area contributed by atoms with Crippen molar-refractivity contribution in [3.8, 4) is 5.75 Å². The molecular formula is C23H35NO4Si. The largest absolute Gasteiger partial charge is 0.543 e. The van der Waals surface area contributed by atoms with E-state index in [4.69, 9.17) is 9.16 Å². The highest BCUT2D eigenvalue weighted by molar-refractivity contribution is 6.78. The molecule has 0 bridgehead atoms. The number of aromatic nitrogens is 1. The van der Waals surface area contributed by atoms with Gasteiger partial charge in [-0.1, -0.05) is 41.5 Å². The number of nitrogens with zero attached hydrogens (tertiary/aromatic N) is 1. The maximum Gasteiger partial charge on any atom is 0.304 e. The van der Waals surface area contributed by atoms with Gasteiger partial charge in [0.25, 0.3) is 8.32 Å². The number of esters is 1. The van der Waals surface area contributed by atoms with E-state index in [0.717, 1.165) is 22.3 Å². The second-order valence-electron chi connectivity index (χ2n) is 8.81. The number of benzene rings is 1. The molecule has 0 fully saturated rings. The van der Waals surface area contributed by atoms with Crippen molar-refractivity contribution in [1.29, 1.82) is 0 Å². The highest BCUT2D eigenvalue weighted by Gasteiger charge is 2.47. The minimum Gasteiger partial charge on any atom is -0.543 e. The molecule has 1 aromatic heterocycles. The molecule has 0 saturated carbocycles. The third-order valence-electron chi connectivity index (χ3n) is 6.05. The predicted molar refractivity (Wildman–Crippen MR) is 120 cm³/mol. The number of Topliss-reactive ketones (excluding diaryl/α,β-unsaturated/α-hetero) is 1. The van der Waals surface area contributed by atoms with Gasteiger partial charge in [0, 0.05) is 23.6 Å². The number of carbonyl (C=O) groups is 2. The zero-order valence-corrected chi connectivity index (χ0v) is 20.3. The predicted octanol–water partition coefficient (Wildman–Crippen LogP) is 6.23. The standard InChI is InChI=1S/C23H35NO4Si/c1-14(2)29(15(3)4,16(5)6)28-20-10-11-22-21(12-20)23(18(8)25)17(7)24(22)13-27-19(9)26/h10-12,14-16H,13H2,1-9H3. The van der Waals surface area contributed by atoms with E-state index in [2.05, 4.69) is 41.5 Å². The fraction of sp³-hybridized carbons (Fsp3) is 0.565. The van der Waals surface area contributed by atoms with Crippen LogP contribution in [-0.2, 0) is 16.3 Å². The van der Waals surface area contributed by atoms with Crippen LogP contribution in [0.5, 0.6) is 5.75 Å². The number of ether oxygens (including phenoxy) is 1. The van der Waals surface area contributed by atoms with E-state index in [9.17, 15) is 9.59 Å². The lowest BCUT2D eigenvalue weighted by Crippen LogP contribution is -2.50. The first-order chi connectivity index (χ1) is 13.4. The summed E-state index contributed by atoms with van der Waals surface area (Å²) in [5.41, 5.74) is 3.70. The lowest BCUT2D eigenvalue weighted by atomic mass is 10.1. The highest BCUT2D eigenvalue weighted by atomic mass is 28.4. The van der Waals surface area contributed by atoms with Gasteiger partial charge in [-0.25, -0.2) is 0 Å². The zero-order valence-electron chi connectivity index (χ0n) is 19.3. The first-order valence-corrected chi connectivity index (χ1v) is 12.5. The van der Waals surface area contributed by atoms with E-state index in [-0.39, 0.29) is 18.5 Å². The van der Waals surface area contributed by atoms with Crippen LogP contribution >= 0.6 is 0 Å². The maximum absolute atomic E-state index is 12.4. The van der Waals surface area contributed by atoms with Crippen LogP contribution in [0.3, 0.4) is 0 Å². The fourth-order valence-corrected chi connectivity index (χ4v) is 10.1. The Balaban J connectivity index is 2.62. The molecule has 2 aromatic rings. The van der Waals surface area contributed by atoms with Crippen LogP contribution in [0.15, 0.2) is 18.2 Å². The Labute approximate surface area is 175 Å². The summed E-state index contributed by atoms with van der Waals surface area (Å²) in [6.07, 6.45) is 0. The van der Waals surface area contributed by atoms with Crippen molar-refractivity contribution < 1.29 is 18.8 Å². The van der Waals surface area contributed by atoms with E-state index >= 15 is 0 Å². The van der Waals surface area contributed by atoms with Gasteiger partial charge < -0.3 is 13.7 Å². The third-order valence-corrected chi connectivity index (χ3v) is 12.0. The van der Waals surface area contributed by atoms with Gasteiger partial charge in [-0.2, -0.15) is 0 Å². The summed E-state index contributed by atoms with van der Waals surface area (Å²) in [7, 11) is -2.10. The zero-order chi connectivity index (χ0) is 22.1. The molecule has 0 radical (unpaired) electrons. The van der Waals surface area contributed by atoms with Crippen molar-refractivity contribution in [2.45, 2.75) is 85.7 Å². The SMILES string of the molecule is CC(=O)OCn1c(C)c(C(C)=O)c2cc(O[Si](C(C)C)(C(C)C)C(C)C)ccc21. The van der Waals surface area contributed by atoms with Crippen LogP contribution in [-0.4, -0.2) is 24.6 Å². The Morgan fingerprint density at radius 2 is 1.55 bits per heavy atom. The molecular weight excluding hydrogens is 382 g/mol. The summed E-state index contributed by atoms with van der Waals surface area (Å²) in [6.45, 7) is 18.5. The van der Waals surface area contributed by atoms with Crippen molar-refractivity contribution in [2.24, 2.45) is 0 Å². The lowest BCUT2D eigenvalue weighted by molar-refractivity contribution is -0.144. The molecule has 0 aliphatic rings. The van der Waals surface area contributed by atoms with Crippen molar-refractivity contribution in [1.82, 2.24) is 4.57 Å². The van der Waals surface area contributed by atoms with Crippen molar-refractivity contribution in [2.75, 3.05) is 0 Å². The number of carbonyl (C=O) groups excluding carboxylic acids is 2. The topological polar surface area (TPSA) is 57.5 Å². The normalized spacial score (nSPS) is 12.3. The fourth-order valence-electron chi connectivity index (χ4n) is 4.85. The Morgan fingerprint density at radius 3 is 2.00 bits per heavy atom. The molecule has 0 aliphatic heterocycles. The highest BCUT2D eigenvalue weighted by Crippen LogP contribution is 2.43. The van der Waals surface area contributed by atoms with Gasteiger partial charge in [0.15, 0.2) is 12.5 Å². The summed E-state index contributed by atoms with van der Waals surface area (Å²) in [4.78, 5) is 23.7. The Kier molecular flexibility index (Phi) is 6.99. The molecule has 29 heavy (non-hydrogen) atoms. The molecule has 0 saturated heterocycles. The Hall–Kier alpha value is -2.08. The van der Waals surface area contributed by atoms with Crippen LogP contribution in [0.2, 0.25) is 16.6 Å². The first kappa shape index (κ1) is 23.2. The molecule has 0 amide bonds. The summed E-state index contributed by atoms with van der Waals surface area (Å²) in [5.74, 6) is 0.455. The molecule has 2 rings (SSSR count). The van der Waals surface area contributed by atoms with E-state index < -0.39 is 8.32 Å². The molecule has 1 aromatic carbocycles. The van der Waals surface area contributed by atoms with Crippen molar-refractivity contribution >= 4 is 31.0 Å². The summed E-state index contributed by atoms with van der Waals surface area (Å²) >= 11 is 0. The Bertz CT molecular complexity index is 889. The van der Waals surface area contributed by atoms with Crippen LogP contribution < -0.4 is 4.43 Å². The van der Waals surface area contributed by atoms with Gasteiger partial charge in [-0.15, -0.1) is 0 Å². The van der Waals surface area contributed by atoms with Gasteiger partial charge >= 0.3 is 5.97 Å². The van der Waals surface area contributed by atoms with Crippen LogP contribution in [0.1, 0.15) is 71.4 Å². The van der Waals surface area contributed by atoms with Crippen LogP contribution in [0.4, 0.5) is 0 Å². The molecule has 0 N–H and O–H groups in total. The lowest BCUT2D eigenvalue weighted by Gasteiger charge is -2.42. The van der Waals surface area contributed by atoms with Gasteiger partial charge in [0.05, 0.1) is 5.52 Å². The molecule has 1 heterocycles. The monoisotopic (exact) mass is 417 g/mol. The van der Waals surface area contributed by atoms with Gasteiger partial charge in [-0.05, 0) is 48.7 Å². The molecule has 0 spiro atoms. The molecule has 0 atom stereocenters. The van der Waals surface area contributed by atoms with E-state index in [1.54, 1.807) is 6.92 Å². The van der Waals surface area contributed by atoms with Crippen molar-refractivity contribution in [3.05, 3.63) is 29.5 Å². The van der Waals surface area contributed by atoms with Gasteiger partial charge in [-0.3, -0.25) is 9.59 Å². The van der Waals surface area contributed by atoms with Crippen molar-refractivity contribution in [3.63, 3.8) is 0 Å². The Morgan fingerprint density at radius 1 is 1.00 bits per heavy atom. The van der Waals surface area contributed by atoms with E-state index in [1.807, 2.05) is 29.7 Å². The minimum absolute atomic E-state index is 0.00804. The number of hydrogen-bond donors (Lipinski definition) is 0. The molecule has 6 heteroatoms.